The van der Waals surface area contributed by atoms with Crippen molar-refractivity contribution in [3.8, 4) is 11.5 Å². The van der Waals surface area contributed by atoms with Gasteiger partial charge in [-0.1, -0.05) is 6.07 Å². The van der Waals surface area contributed by atoms with Crippen LogP contribution in [0.1, 0.15) is 18.3 Å². The number of aryl methyl sites for hydroxylation is 1. The molecule has 0 saturated heterocycles. The normalized spacial score (nSPS) is 13.5. The van der Waals surface area contributed by atoms with Crippen LogP contribution in [0.3, 0.4) is 0 Å². The van der Waals surface area contributed by atoms with Crippen molar-refractivity contribution >= 4 is 11.7 Å². The number of fused-ring (bicyclic) bond motifs is 1. The second-order valence-electron chi connectivity index (χ2n) is 5.16. The Bertz CT molecular complexity index is 693. The number of hydrogen-bond donors (Lipinski definition) is 1. The minimum Gasteiger partial charge on any atom is -0.369 e. The summed E-state index contributed by atoms with van der Waals surface area (Å²) in [5.41, 5.74) is 7.23. The standard InChI is InChI=1S/C14H18N6O/c1-3-20-14(17-12(18-20)8-11(15)21)10-5-4-9-6-7-19(2)13(9)16-10/h4-5H,3,6-8H2,1-2H3,(H2,15,21). The van der Waals surface area contributed by atoms with E-state index in [1.165, 1.54) is 5.56 Å². The van der Waals surface area contributed by atoms with E-state index in [-0.39, 0.29) is 6.42 Å². The molecule has 21 heavy (non-hydrogen) atoms. The third-order valence-corrected chi connectivity index (χ3v) is 3.61. The van der Waals surface area contributed by atoms with Gasteiger partial charge in [0.15, 0.2) is 11.6 Å². The van der Waals surface area contributed by atoms with Crippen LogP contribution in [-0.2, 0) is 24.2 Å². The fraction of sp³-hybridized carbons (Fsp3) is 0.429. The van der Waals surface area contributed by atoms with E-state index in [9.17, 15) is 4.79 Å². The molecular formula is C14H18N6O. The Labute approximate surface area is 122 Å². The summed E-state index contributed by atoms with van der Waals surface area (Å²) < 4.78 is 1.75. The van der Waals surface area contributed by atoms with Gasteiger partial charge < -0.3 is 10.6 Å². The molecule has 3 heterocycles. The van der Waals surface area contributed by atoms with Crippen LogP contribution in [0.4, 0.5) is 5.82 Å². The van der Waals surface area contributed by atoms with E-state index < -0.39 is 5.91 Å². The highest BCUT2D eigenvalue weighted by Crippen LogP contribution is 2.27. The number of nitrogens with zero attached hydrogens (tertiary/aromatic N) is 5. The number of nitrogens with two attached hydrogens (primary N) is 1. The molecule has 1 aliphatic rings. The predicted molar refractivity (Wildman–Crippen MR) is 78.8 cm³/mol. The second kappa shape index (κ2) is 5.16. The largest absolute Gasteiger partial charge is 0.369 e. The molecule has 2 N–H and O–H groups in total. The first-order valence-corrected chi connectivity index (χ1v) is 7.02. The van der Waals surface area contributed by atoms with Gasteiger partial charge in [0.05, 0.1) is 6.42 Å². The SMILES string of the molecule is CCn1nc(CC(N)=O)nc1-c1ccc2c(n1)N(C)CC2. The topological polar surface area (TPSA) is 89.9 Å². The lowest BCUT2D eigenvalue weighted by atomic mass is 10.2. The summed E-state index contributed by atoms with van der Waals surface area (Å²) in [6.07, 6.45) is 1.07. The van der Waals surface area contributed by atoms with Gasteiger partial charge in [-0.05, 0) is 25.0 Å². The zero-order valence-corrected chi connectivity index (χ0v) is 12.2. The highest BCUT2D eigenvalue weighted by Gasteiger charge is 2.20. The van der Waals surface area contributed by atoms with Crippen molar-refractivity contribution in [2.24, 2.45) is 5.73 Å². The molecule has 1 amide bonds. The molecule has 0 spiro atoms. The van der Waals surface area contributed by atoms with Gasteiger partial charge >= 0.3 is 0 Å². The molecule has 0 aliphatic carbocycles. The number of carbonyl (C=O) groups excluding carboxylic acids is 1. The Hall–Kier alpha value is -2.44. The van der Waals surface area contributed by atoms with Crippen molar-refractivity contribution in [3.63, 3.8) is 0 Å². The minimum absolute atomic E-state index is 0.0465. The Morgan fingerprint density at radius 1 is 1.38 bits per heavy atom. The number of carbonyl (C=O) groups is 1. The number of pyridine rings is 1. The smallest absolute Gasteiger partial charge is 0.225 e. The first-order chi connectivity index (χ1) is 10.1. The lowest BCUT2D eigenvalue weighted by Crippen LogP contribution is -2.14. The van der Waals surface area contributed by atoms with E-state index in [0.717, 1.165) is 24.5 Å². The monoisotopic (exact) mass is 286 g/mol. The predicted octanol–water partition coefficient (Wildman–Crippen LogP) is 0.380. The van der Waals surface area contributed by atoms with Crippen LogP contribution in [0.15, 0.2) is 12.1 Å². The van der Waals surface area contributed by atoms with Gasteiger partial charge in [-0.15, -0.1) is 0 Å². The van der Waals surface area contributed by atoms with Crippen molar-refractivity contribution < 1.29 is 4.79 Å². The van der Waals surface area contributed by atoms with Crippen LogP contribution < -0.4 is 10.6 Å². The molecule has 1 aliphatic heterocycles. The Morgan fingerprint density at radius 3 is 2.90 bits per heavy atom. The molecule has 0 fully saturated rings. The Morgan fingerprint density at radius 2 is 2.19 bits per heavy atom. The summed E-state index contributed by atoms with van der Waals surface area (Å²) in [7, 11) is 2.03. The lowest BCUT2D eigenvalue weighted by Gasteiger charge is -2.11. The number of likely N-dealkylation sites (N-methyl/N-ethyl adjacent to an activating group) is 1. The number of aromatic nitrogens is 4. The van der Waals surface area contributed by atoms with Crippen molar-refractivity contribution in [3.05, 3.63) is 23.5 Å². The van der Waals surface area contributed by atoms with Crippen LogP contribution in [0.25, 0.3) is 11.5 Å². The molecule has 0 bridgehead atoms. The summed E-state index contributed by atoms with van der Waals surface area (Å²) in [4.78, 5) is 22.3. The van der Waals surface area contributed by atoms with E-state index in [0.29, 0.717) is 18.2 Å². The number of primary amides is 1. The summed E-state index contributed by atoms with van der Waals surface area (Å²) in [5, 5.41) is 4.31. The van der Waals surface area contributed by atoms with Crippen molar-refractivity contribution in [2.45, 2.75) is 26.3 Å². The maximum atomic E-state index is 11.0. The number of rotatable bonds is 4. The third-order valence-electron chi connectivity index (χ3n) is 3.61. The van der Waals surface area contributed by atoms with E-state index in [2.05, 4.69) is 21.0 Å². The fourth-order valence-corrected chi connectivity index (χ4v) is 2.55. The van der Waals surface area contributed by atoms with Gasteiger partial charge in [-0.2, -0.15) is 5.10 Å². The number of amides is 1. The minimum atomic E-state index is -0.434. The van der Waals surface area contributed by atoms with Gasteiger partial charge in [-0.25, -0.2) is 14.6 Å². The van der Waals surface area contributed by atoms with Crippen molar-refractivity contribution in [1.29, 1.82) is 0 Å². The zero-order valence-electron chi connectivity index (χ0n) is 12.2. The first-order valence-electron chi connectivity index (χ1n) is 7.02. The molecule has 0 aromatic carbocycles. The molecule has 2 aromatic rings. The molecule has 0 saturated carbocycles. The Kier molecular flexibility index (Phi) is 3.32. The molecule has 7 heteroatoms. The van der Waals surface area contributed by atoms with E-state index in [4.69, 9.17) is 10.7 Å². The molecule has 0 unspecified atom stereocenters. The molecular weight excluding hydrogens is 268 g/mol. The first kappa shape index (κ1) is 13.5. The number of hydrogen-bond acceptors (Lipinski definition) is 5. The lowest BCUT2D eigenvalue weighted by molar-refractivity contribution is -0.117. The molecule has 7 nitrogen and oxygen atoms in total. The molecule has 2 aromatic heterocycles. The zero-order chi connectivity index (χ0) is 15.0. The summed E-state index contributed by atoms with van der Waals surface area (Å²) in [6.45, 7) is 3.63. The average molecular weight is 286 g/mol. The Balaban J connectivity index is 2.02. The maximum absolute atomic E-state index is 11.0. The van der Waals surface area contributed by atoms with Gasteiger partial charge in [-0.3, -0.25) is 4.79 Å². The average Bonchev–Trinajstić information content (AvgIpc) is 3.02. The van der Waals surface area contributed by atoms with E-state index >= 15 is 0 Å². The van der Waals surface area contributed by atoms with Crippen molar-refractivity contribution in [2.75, 3.05) is 18.5 Å². The quantitative estimate of drug-likeness (QED) is 0.877. The molecule has 110 valence electrons. The van der Waals surface area contributed by atoms with Crippen LogP contribution in [0.5, 0.6) is 0 Å². The molecule has 0 radical (unpaired) electrons. The second-order valence-corrected chi connectivity index (χ2v) is 5.16. The summed E-state index contributed by atoms with van der Waals surface area (Å²) >= 11 is 0. The van der Waals surface area contributed by atoms with Gasteiger partial charge in [0.1, 0.15) is 11.5 Å². The van der Waals surface area contributed by atoms with Crippen LogP contribution >= 0.6 is 0 Å². The van der Waals surface area contributed by atoms with Gasteiger partial charge in [0.25, 0.3) is 0 Å². The van der Waals surface area contributed by atoms with Crippen molar-refractivity contribution in [1.82, 2.24) is 19.7 Å². The third kappa shape index (κ3) is 2.46. The van der Waals surface area contributed by atoms with Gasteiger partial charge in [0, 0.05) is 20.1 Å². The van der Waals surface area contributed by atoms with Crippen LogP contribution in [-0.4, -0.2) is 39.2 Å². The number of anilines is 1. The highest BCUT2D eigenvalue weighted by molar-refractivity contribution is 5.75. The van der Waals surface area contributed by atoms with Crippen LogP contribution in [0, 0.1) is 0 Å². The maximum Gasteiger partial charge on any atom is 0.225 e. The van der Waals surface area contributed by atoms with Gasteiger partial charge in [0.2, 0.25) is 5.91 Å². The molecule has 0 atom stereocenters. The molecule has 3 rings (SSSR count). The fourth-order valence-electron chi connectivity index (χ4n) is 2.55. The van der Waals surface area contributed by atoms with Crippen LogP contribution in [0.2, 0.25) is 0 Å². The van der Waals surface area contributed by atoms with E-state index in [1.54, 1.807) is 4.68 Å². The highest BCUT2D eigenvalue weighted by atomic mass is 16.1. The summed E-state index contributed by atoms with van der Waals surface area (Å²) in [6, 6.07) is 4.05. The summed E-state index contributed by atoms with van der Waals surface area (Å²) in [5.74, 6) is 1.68. The van der Waals surface area contributed by atoms with E-state index in [1.807, 2.05) is 20.0 Å².